The molecular weight excluding hydrogens is 249 g/mol. The van der Waals surface area contributed by atoms with Gasteiger partial charge < -0.3 is 10.5 Å². The second-order valence-corrected chi connectivity index (χ2v) is 4.89. The summed E-state index contributed by atoms with van der Waals surface area (Å²) in [6.07, 6.45) is 0. The highest BCUT2D eigenvalue weighted by atomic mass is 19.1. The van der Waals surface area contributed by atoms with Crippen molar-refractivity contribution in [1.29, 1.82) is 0 Å². The van der Waals surface area contributed by atoms with Crippen molar-refractivity contribution in [2.24, 2.45) is 0 Å². The van der Waals surface area contributed by atoms with Crippen LogP contribution in [0.5, 0.6) is 0 Å². The van der Waals surface area contributed by atoms with E-state index in [0.29, 0.717) is 23.7 Å². The summed E-state index contributed by atoms with van der Waals surface area (Å²) in [7, 11) is 1.60. The van der Waals surface area contributed by atoms with Gasteiger partial charge in [0.05, 0.1) is 12.1 Å². The number of tetrazole rings is 1. The minimum atomic E-state index is -0.466. The SMILES string of the molecule is COCC(C)(C)n1nnnc1-c1cc(F)ccc1N. The van der Waals surface area contributed by atoms with E-state index in [-0.39, 0.29) is 5.82 Å². The molecule has 2 N–H and O–H groups in total. The number of ether oxygens (including phenoxy) is 1. The van der Waals surface area contributed by atoms with Crippen LogP contribution in [-0.2, 0) is 10.3 Å². The maximum absolute atomic E-state index is 13.4. The first kappa shape index (κ1) is 13.4. The Labute approximate surface area is 110 Å². The highest BCUT2D eigenvalue weighted by Gasteiger charge is 2.26. The number of hydrogen-bond donors (Lipinski definition) is 1. The number of halogens is 1. The lowest BCUT2D eigenvalue weighted by atomic mass is 10.1. The summed E-state index contributed by atoms with van der Waals surface area (Å²) in [5.74, 6) is 0.0300. The number of nitrogen functional groups attached to an aromatic ring is 1. The molecule has 0 atom stereocenters. The number of aromatic nitrogens is 4. The van der Waals surface area contributed by atoms with Gasteiger partial charge in [-0.2, -0.15) is 0 Å². The summed E-state index contributed by atoms with van der Waals surface area (Å²) >= 11 is 0. The number of hydrogen-bond acceptors (Lipinski definition) is 5. The number of nitrogens with two attached hydrogens (primary N) is 1. The van der Waals surface area contributed by atoms with Gasteiger partial charge in [0.25, 0.3) is 0 Å². The van der Waals surface area contributed by atoms with Crippen LogP contribution in [0, 0.1) is 5.82 Å². The average Bonchev–Trinajstić information content (AvgIpc) is 2.82. The number of nitrogens with zero attached hydrogens (tertiary/aromatic N) is 4. The molecule has 19 heavy (non-hydrogen) atoms. The van der Waals surface area contributed by atoms with E-state index in [2.05, 4.69) is 15.5 Å². The molecule has 0 fully saturated rings. The molecule has 6 nitrogen and oxygen atoms in total. The highest BCUT2D eigenvalue weighted by Crippen LogP contribution is 2.28. The van der Waals surface area contributed by atoms with Crippen molar-refractivity contribution >= 4 is 5.69 Å². The van der Waals surface area contributed by atoms with E-state index in [9.17, 15) is 4.39 Å². The van der Waals surface area contributed by atoms with Crippen molar-refractivity contribution in [1.82, 2.24) is 20.2 Å². The zero-order valence-electron chi connectivity index (χ0n) is 11.1. The van der Waals surface area contributed by atoms with Crippen LogP contribution in [0.1, 0.15) is 13.8 Å². The molecule has 0 unspecified atom stereocenters. The summed E-state index contributed by atoms with van der Waals surface area (Å²) < 4.78 is 20.1. The third kappa shape index (κ3) is 2.55. The molecule has 7 heteroatoms. The second kappa shape index (κ2) is 4.93. The Morgan fingerprint density at radius 2 is 2.16 bits per heavy atom. The number of methoxy groups -OCH3 is 1. The minimum Gasteiger partial charge on any atom is -0.398 e. The van der Waals surface area contributed by atoms with Gasteiger partial charge in [0.1, 0.15) is 5.82 Å². The topological polar surface area (TPSA) is 78.8 Å². The van der Waals surface area contributed by atoms with Gasteiger partial charge in [0.2, 0.25) is 0 Å². The first-order valence-electron chi connectivity index (χ1n) is 5.79. The zero-order chi connectivity index (χ0) is 14.0. The molecule has 102 valence electrons. The van der Waals surface area contributed by atoms with E-state index in [1.165, 1.54) is 18.2 Å². The molecule has 0 spiro atoms. The molecule has 1 heterocycles. The first-order chi connectivity index (χ1) is 8.95. The van der Waals surface area contributed by atoms with Crippen LogP contribution in [0.25, 0.3) is 11.4 Å². The van der Waals surface area contributed by atoms with Crippen molar-refractivity contribution < 1.29 is 9.13 Å². The lowest BCUT2D eigenvalue weighted by Gasteiger charge is -2.24. The smallest absolute Gasteiger partial charge is 0.184 e. The van der Waals surface area contributed by atoms with E-state index < -0.39 is 5.54 Å². The van der Waals surface area contributed by atoms with Crippen LogP contribution < -0.4 is 5.73 Å². The highest BCUT2D eigenvalue weighted by molar-refractivity contribution is 5.71. The third-order valence-corrected chi connectivity index (χ3v) is 2.80. The van der Waals surface area contributed by atoms with Gasteiger partial charge in [-0.05, 0) is 42.5 Å². The molecule has 2 aromatic rings. The van der Waals surface area contributed by atoms with Gasteiger partial charge >= 0.3 is 0 Å². The molecule has 0 bridgehead atoms. The maximum Gasteiger partial charge on any atom is 0.184 e. The van der Waals surface area contributed by atoms with Gasteiger partial charge in [-0.1, -0.05) is 0 Å². The Balaban J connectivity index is 2.53. The summed E-state index contributed by atoms with van der Waals surface area (Å²) in [5.41, 5.74) is 6.28. The molecule has 0 saturated carbocycles. The molecular formula is C12H16FN5O. The molecule has 1 aromatic carbocycles. The molecule has 0 aliphatic carbocycles. The summed E-state index contributed by atoms with van der Waals surface area (Å²) in [6.45, 7) is 4.26. The molecule has 0 saturated heterocycles. The lowest BCUT2D eigenvalue weighted by molar-refractivity contribution is 0.101. The van der Waals surface area contributed by atoms with E-state index >= 15 is 0 Å². The maximum atomic E-state index is 13.4. The fourth-order valence-electron chi connectivity index (χ4n) is 1.90. The van der Waals surface area contributed by atoms with Gasteiger partial charge in [-0.15, -0.1) is 5.10 Å². The fourth-order valence-corrected chi connectivity index (χ4v) is 1.90. The first-order valence-corrected chi connectivity index (χ1v) is 5.79. The molecule has 0 aliphatic heterocycles. The van der Waals surface area contributed by atoms with E-state index in [1.807, 2.05) is 13.8 Å². The second-order valence-electron chi connectivity index (χ2n) is 4.89. The molecule has 0 aliphatic rings. The number of rotatable bonds is 4. The lowest BCUT2D eigenvalue weighted by Crippen LogP contribution is -2.33. The van der Waals surface area contributed by atoms with Crippen LogP contribution in [0.2, 0.25) is 0 Å². The molecule has 1 aromatic heterocycles. The summed E-state index contributed by atoms with van der Waals surface area (Å²) in [4.78, 5) is 0. The Bertz CT molecular complexity index is 581. The standard InChI is InChI=1S/C12H16FN5O/c1-12(2,7-19-3)18-11(15-16-17-18)9-6-8(13)4-5-10(9)14/h4-6H,7,14H2,1-3H3. The van der Waals surface area contributed by atoms with Gasteiger partial charge in [-0.25, -0.2) is 9.07 Å². The van der Waals surface area contributed by atoms with Crippen LogP contribution in [0.15, 0.2) is 18.2 Å². The van der Waals surface area contributed by atoms with Crippen molar-refractivity contribution in [3.63, 3.8) is 0 Å². The molecule has 0 amide bonds. The zero-order valence-corrected chi connectivity index (χ0v) is 11.1. The average molecular weight is 265 g/mol. The Morgan fingerprint density at radius 3 is 2.84 bits per heavy atom. The predicted octanol–water partition coefficient (Wildman–Crippen LogP) is 1.44. The van der Waals surface area contributed by atoms with Crippen LogP contribution in [-0.4, -0.2) is 33.9 Å². The normalized spacial score (nSPS) is 11.8. The predicted molar refractivity (Wildman–Crippen MR) is 68.8 cm³/mol. The van der Waals surface area contributed by atoms with Crippen molar-refractivity contribution in [3.8, 4) is 11.4 Å². The summed E-state index contributed by atoms with van der Waals surface area (Å²) in [5, 5.41) is 11.5. The third-order valence-electron chi connectivity index (χ3n) is 2.80. The van der Waals surface area contributed by atoms with E-state index in [4.69, 9.17) is 10.5 Å². The van der Waals surface area contributed by atoms with Crippen molar-refractivity contribution in [2.45, 2.75) is 19.4 Å². The van der Waals surface area contributed by atoms with E-state index in [0.717, 1.165) is 0 Å². The Morgan fingerprint density at radius 1 is 1.42 bits per heavy atom. The van der Waals surface area contributed by atoms with Crippen LogP contribution >= 0.6 is 0 Å². The number of benzene rings is 1. The molecule has 0 radical (unpaired) electrons. The minimum absolute atomic E-state index is 0.386. The van der Waals surface area contributed by atoms with Gasteiger partial charge in [-0.3, -0.25) is 0 Å². The van der Waals surface area contributed by atoms with Gasteiger partial charge in [0, 0.05) is 18.4 Å². The van der Waals surface area contributed by atoms with Crippen LogP contribution in [0.3, 0.4) is 0 Å². The fraction of sp³-hybridized carbons (Fsp3) is 0.417. The number of anilines is 1. The summed E-state index contributed by atoms with van der Waals surface area (Å²) in [6, 6.07) is 4.11. The van der Waals surface area contributed by atoms with Crippen LogP contribution in [0.4, 0.5) is 10.1 Å². The quantitative estimate of drug-likeness (QED) is 0.846. The van der Waals surface area contributed by atoms with Crippen molar-refractivity contribution in [3.05, 3.63) is 24.0 Å². The Hall–Kier alpha value is -2.02. The van der Waals surface area contributed by atoms with Crippen molar-refractivity contribution in [2.75, 3.05) is 19.5 Å². The Kier molecular flexibility index (Phi) is 3.48. The molecule has 2 rings (SSSR count). The monoisotopic (exact) mass is 265 g/mol. The van der Waals surface area contributed by atoms with Gasteiger partial charge in [0.15, 0.2) is 5.82 Å². The van der Waals surface area contributed by atoms with E-state index in [1.54, 1.807) is 11.8 Å². The largest absolute Gasteiger partial charge is 0.398 e.